The Morgan fingerprint density at radius 2 is 1.86 bits per heavy atom. The van der Waals surface area contributed by atoms with Gasteiger partial charge in [0.2, 0.25) is 5.91 Å². The summed E-state index contributed by atoms with van der Waals surface area (Å²) < 4.78 is 39.3. The number of hydrogen-bond donors (Lipinski definition) is 1. The lowest BCUT2D eigenvalue weighted by Crippen LogP contribution is -2.14. The molecule has 22 heavy (non-hydrogen) atoms. The van der Waals surface area contributed by atoms with Gasteiger partial charge in [0.05, 0.1) is 11.9 Å². The van der Waals surface area contributed by atoms with Gasteiger partial charge in [-0.15, -0.1) is 0 Å². The average molecular weight is 311 g/mol. The van der Waals surface area contributed by atoms with E-state index in [1.165, 1.54) is 12.1 Å². The predicted octanol–water partition coefficient (Wildman–Crippen LogP) is 3.88. The molecule has 0 atom stereocenters. The van der Waals surface area contributed by atoms with Crippen LogP contribution >= 0.6 is 0 Å². The molecule has 0 aliphatic rings. The predicted molar refractivity (Wildman–Crippen MR) is 76.7 cm³/mol. The number of anilines is 1. The molecule has 1 amide bonds. The third-order valence-electron chi connectivity index (χ3n) is 2.92. The van der Waals surface area contributed by atoms with Gasteiger partial charge in [0.25, 0.3) is 0 Å². The van der Waals surface area contributed by atoms with Gasteiger partial charge in [-0.1, -0.05) is 13.8 Å². The summed E-state index contributed by atoms with van der Waals surface area (Å²) in [6, 6.07) is 6.98. The summed E-state index contributed by atoms with van der Waals surface area (Å²) in [6.45, 7) is 3.86. The molecule has 7 heteroatoms. The summed E-state index contributed by atoms with van der Waals surface area (Å²) >= 11 is 0. The zero-order valence-corrected chi connectivity index (χ0v) is 12.2. The summed E-state index contributed by atoms with van der Waals surface area (Å²) in [5, 5.41) is 6.39. The first-order chi connectivity index (χ1) is 10.3. The number of aromatic nitrogens is 2. The first-order valence-corrected chi connectivity index (χ1v) is 6.79. The fraction of sp³-hybridized carbons (Fsp3) is 0.333. The van der Waals surface area contributed by atoms with Gasteiger partial charge in [0, 0.05) is 12.1 Å². The summed E-state index contributed by atoms with van der Waals surface area (Å²) in [4.78, 5) is 11.6. The van der Waals surface area contributed by atoms with Crippen molar-refractivity contribution < 1.29 is 18.0 Å². The molecule has 0 bridgehead atoms. The van der Waals surface area contributed by atoms with Crippen molar-refractivity contribution in [3.8, 4) is 5.69 Å². The van der Waals surface area contributed by atoms with E-state index in [2.05, 4.69) is 10.4 Å². The van der Waals surface area contributed by atoms with Crippen molar-refractivity contribution in [2.75, 3.05) is 5.32 Å². The van der Waals surface area contributed by atoms with Crippen molar-refractivity contribution in [1.82, 2.24) is 9.78 Å². The Balaban J connectivity index is 2.16. The van der Waals surface area contributed by atoms with Crippen LogP contribution in [0.4, 0.5) is 18.9 Å². The van der Waals surface area contributed by atoms with Crippen LogP contribution in [-0.4, -0.2) is 15.7 Å². The van der Waals surface area contributed by atoms with Crippen LogP contribution in [0.1, 0.15) is 26.0 Å². The van der Waals surface area contributed by atoms with E-state index in [9.17, 15) is 18.0 Å². The van der Waals surface area contributed by atoms with E-state index in [1.54, 1.807) is 12.1 Å². The van der Waals surface area contributed by atoms with Gasteiger partial charge in [-0.25, -0.2) is 4.68 Å². The minimum atomic E-state index is -4.47. The maximum Gasteiger partial charge on any atom is 0.433 e. The third-order valence-corrected chi connectivity index (χ3v) is 2.92. The highest BCUT2D eigenvalue weighted by Gasteiger charge is 2.35. The van der Waals surface area contributed by atoms with Gasteiger partial charge < -0.3 is 5.32 Å². The number of halogens is 3. The summed E-state index contributed by atoms with van der Waals surface area (Å²) in [5.41, 5.74) is -0.0293. The molecule has 2 aromatic rings. The molecule has 1 heterocycles. The van der Waals surface area contributed by atoms with Crippen LogP contribution in [0.25, 0.3) is 5.69 Å². The third kappa shape index (κ3) is 3.87. The van der Waals surface area contributed by atoms with E-state index in [0.29, 0.717) is 12.1 Å². The highest BCUT2D eigenvalue weighted by molar-refractivity contribution is 5.90. The van der Waals surface area contributed by atoms with Crippen molar-refractivity contribution in [2.45, 2.75) is 26.4 Å². The van der Waals surface area contributed by atoms with E-state index in [-0.39, 0.29) is 17.5 Å². The zero-order chi connectivity index (χ0) is 16.3. The molecule has 0 unspecified atom stereocenters. The largest absolute Gasteiger partial charge is 0.433 e. The smallest absolute Gasteiger partial charge is 0.326 e. The topological polar surface area (TPSA) is 46.9 Å². The van der Waals surface area contributed by atoms with Crippen molar-refractivity contribution in [3.63, 3.8) is 0 Å². The Hall–Kier alpha value is -2.31. The Labute approximate surface area is 125 Å². The van der Waals surface area contributed by atoms with Crippen LogP contribution in [0.3, 0.4) is 0 Å². The second-order valence-electron chi connectivity index (χ2n) is 5.32. The first-order valence-electron chi connectivity index (χ1n) is 6.79. The van der Waals surface area contributed by atoms with Crippen LogP contribution < -0.4 is 5.32 Å². The normalized spacial score (nSPS) is 11.7. The number of carbonyl (C=O) groups is 1. The lowest BCUT2D eigenvalue weighted by atomic mass is 10.1. The van der Waals surface area contributed by atoms with E-state index < -0.39 is 11.9 Å². The van der Waals surface area contributed by atoms with E-state index in [1.807, 2.05) is 13.8 Å². The second kappa shape index (κ2) is 6.21. The van der Waals surface area contributed by atoms with Gasteiger partial charge in [-0.3, -0.25) is 4.79 Å². The Morgan fingerprint density at radius 1 is 1.23 bits per heavy atom. The molecular weight excluding hydrogens is 295 g/mol. The molecule has 0 fully saturated rings. The van der Waals surface area contributed by atoms with Crippen molar-refractivity contribution in [2.24, 2.45) is 5.92 Å². The molecule has 118 valence electrons. The molecule has 0 spiro atoms. The second-order valence-corrected chi connectivity index (χ2v) is 5.32. The van der Waals surface area contributed by atoms with E-state index >= 15 is 0 Å². The molecule has 2 rings (SSSR count). The molecule has 1 aromatic heterocycles. The molecule has 1 aromatic carbocycles. The zero-order valence-electron chi connectivity index (χ0n) is 12.2. The van der Waals surface area contributed by atoms with Crippen LogP contribution in [-0.2, 0) is 11.0 Å². The highest BCUT2D eigenvalue weighted by Crippen LogP contribution is 2.30. The maximum absolute atomic E-state index is 12.8. The van der Waals surface area contributed by atoms with Gasteiger partial charge >= 0.3 is 6.18 Å². The van der Waals surface area contributed by atoms with Crippen molar-refractivity contribution in [3.05, 3.63) is 42.2 Å². The summed E-state index contributed by atoms with van der Waals surface area (Å²) in [5.74, 6) is 0.107. The van der Waals surface area contributed by atoms with Crippen LogP contribution in [0, 0.1) is 5.92 Å². The monoisotopic (exact) mass is 311 g/mol. The highest BCUT2D eigenvalue weighted by atomic mass is 19.4. The number of carbonyl (C=O) groups excluding carboxylic acids is 1. The van der Waals surface area contributed by atoms with Crippen LogP contribution in [0.5, 0.6) is 0 Å². The van der Waals surface area contributed by atoms with Crippen molar-refractivity contribution >= 4 is 11.6 Å². The molecule has 0 radical (unpaired) electrons. The van der Waals surface area contributed by atoms with Gasteiger partial charge in [-0.05, 0) is 36.2 Å². The number of nitrogens with zero attached hydrogens (tertiary/aromatic N) is 2. The minimum absolute atomic E-state index is 0.127. The fourth-order valence-corrected chi connectivity index (χ4v) is 1.99. The first kappa shape index (κ1) is 16.1. The number of benzene rings is 1. The van der Waals surface area contributed by atoms with Crippen LogP contribution in [0.2, 0.25) is 0 Å². The maximum atomic E-state index is 12.8. The van der Waals surface area contributed by atoms with Gasteiger partial charge in [0.1, 0.15) is 5.69 Å². The fourth-order valence-electron chi connectivity index (χ4n) is 1.99. The Bertz CT molecular complexity index is 645. The number of nitrogens with one attached hydrogen (secondary N) is 1. The molecule has 1 N–H and O–H groups in total. The average Bonchev–Trinajstić information content (AvgIpc) is 2.87. The standard InChI is InChI=1S/C15H16F3N3O/c1-10(2)9-14(22)20-11-3-5-12(6-4-11)21-13(7-8-19-21)15(16,17)18/h3-8,10H,9H2,1-2H3,(H,20,22). The molecule has 0 aliphatic heterocycles. The minimum Gasteiger partial charge on any atom is -0.326 e. The van der Waals surface area contributed by atoms with E-state index in [0.717, 1.165) is 16.9 Å². The molecule has 0 saturated heterocycles. The van der Waals surface area contributed by atoms with E-state index in [4.69, 9.17) is 0 Å². The number of amides is 1. The number of hydrogen-bond acceptors (Lipinski definition) is 2. The number of rotatable bonds is 4. The Kier molecular flexibility index (Phi) is 4.54. The van der Waals surface area contributed by atoms with Crippen LogP contribution in [0.15, 0.2) is 36.5 Å². The molecule has 0 saturated carbocycles. The number of alkyl halides is 3. The lowest BCUT2D eigenvalue weighted by Gasteiger charge is -2.11. The SMILES string of the molecule is CC(C)CC(=O)Nc1ccc(-n2nccc2C(F)(F)F)cc1. The van der Waals surface area contributed by atoms with Crippen molar-refractivity contribution in [1.29, 1.82) is 0 Å². The summed E-state index contributed by atoms with van der Waals surface area (Å²) in [6.07, 6.45) is -2.99. The summed E-state index contributed by atoms with van der Waals surface area (Å²) in [7, 11) is 0. The Morgan fingerprint density at radius 3 is 2.41 bits per heavy atom. The lowest BCUT2D eigenvalue weighted by molar-refractivity contribution is -0.142. The molecule has 0 aliphatic carbocycles. The molecule has 4 nitrogen and oxygen atoms in total. The van der Waals surface area contributed by atoms with Gasteiger partial charge in [-0.2, -0.15) is 18.3 Å². The van der Waals surface area contributed by atoms with Gasteiger partial charge in [0.15, 0.2) is 0 Å². The quantitative estimate of drug-likeness (QED) is 0.931. The molecular formula is C15H16F3N3O.